The zero-order chi connectivity index (χ0) is 13.6. The molecule has 0 aliphatic carbocycles. The number of hydrogen-bond donors (Lipinski definition) is 2. The van der Waals surface area contributed by atoms with Crippen molar-refractivity contribution in [2.45, 2.75) is 38.4 Å². The minimum atomic E-state index is -0.792. The van der Waals surface area contributed by atoms with Crippen LogP contribution in [0.4, 0.5) is 0 Å². The molecule has 2 N–H and O–H groups in total. The van der Waals surface area contributed by atoms with Gasteiger partial charge in [-0.3, -0.25) is 0 Å². The van der Waals surface area contributed by atoms with E-state index in [4.69, 9.17) is 15.1 Å². The fraction of sp³-hybridized carbons (Fsp3) is 0.500. The molecule has 0 aliphatic rings. The molecule has 0 amide bonds. The number of benzene rings is 1. The second-order valence-electron chi connectivity index (χ2n) is 4.79. The minimum Gasteiger partial charge on any atom is -0.488 e. The maximum Gasteiger partial charge on any atom is 0.120 e. The van der Waals surface area contributed by atoms with Crippen LogP contribution in [-0.4, -0.2) is 22.4 Å². The highest BCUT2D eigenvalue weighted by atomic mass is 16.5. The number of nitriles is 1. The van der Waals surface area contributed by atoms with Crippen molar-refractivity contribution in [1.29, 1.82) is 5.26 Å². The number of nitrogens with zero attached hydrogens (tertiary/aromatic N) is 1. The average molecular weight is 249 g/mol. The normalized spacial score (nSPS) is 12.8. The van der Waals surface area contributed by atoms with Gasteiger partial charge in [-0.15, -0.1) is 0 Å². The first-order valence-electron chi connectivity index (χ1n) is 5.93. The first kappa shape index (κ1) is 14.5. The molecular formula is C14H19NO3. The van der Waals surface area contributed by atoms with E-state index in [2.05, 4.69) is 0 Å². The van der Waals surface area contributed by atoms with Gasteiger partial charge in [-0.05, 0) is 31.5 Å². The number of aliphatic hydroxyl groups is 2. The lowest BCUT2D eigenvalue weighted by Crippen LogP contribution is -2.29. The summed E-state index contributed by atoms with van der Waals surface area (Å²) in [6.07, 6.45) is -0.207. The highest BCUT2D eigenvalue weighted by Gasteiger charge is 2.19. The van der Waals surface area contributed by atoms with Gasteiger partial charge in [-0.1, -0.05) is 12.1 Å². The largest absolute Gasteiger partial charge is 0.488 e. The molecule has 0 bridgehead atoms. The highest BCUT2D eigenvalue weighted by Crippen LogP contribution is 2.25. The Morgan fingerprint density at radius 3 is 2.78 bits per heavy atom. The summed E-state index contributed by atoms with van der Waals surface area (Å²) < 4.78 is 5.76. The van der Waals surface area contributed by atoms with E-state index < -0.39 is 11.7 Å². The summed E-state index contributed by atoms with van der Waals surface area (Å²) in [4.78, 5) is 0. The third-order valence-corrected chi connectivity index (χ3v) is 2.64. The van der Waals surface area contributed by atoms with E-state index in [-0.39, 0.29) is 13.0 Å². The van der Waals surface area contributed by atoms with Crippen LogP contribution in [0.5, 0.6) is 5.75 Å². The van der Waals surface area contributed by atoms with E-state index in [9.17, 15) is 5.11 Å². The van der Waals surface area contributed by atoms with Gasteiger partial charge in [-0.25, -0.2) is 0 Å². The van der Waals surface area contributed by atoms with Gasteiger partial charge in [0.1, 0.15) is 11.4 Å². The third-order valence-electron chi connectivity index (χ3n) is 2.64. The van der Waals surface area contributed by atoms with E-state index >= 15 is 0 Å². The molecule has 1 atom stereocenters. The Kier molecular flexibility index (Phi) is 5.14. The van der Waals surface area contributed by atoms with Crippen LogP contribution >= 0.6 is 0 Å². The Labute approximate surface area is 107 Å². The molecule has 1 aromatic carbocycles. The van der Waals surface area contributed by atoms with Crippen LogP contribution in [0.1, 0.15) is 38.4 Å². The van der Waals surface area contributed by atoms with Crippen molar-refractivity contribution < 1.29 is 14.9 Å². The quantitative estimate of drug-likeness (QED) is 0.810. The summed E-state index contributed by atoms with van der Waals surface area (Å²) in [5.41, 5.74) is 0.196. The highest BCUT2D eigenvalue weighted by molar-refractivity contribution is 5.30. The molecule has 0 aromatic heterocycles. The second-order valence-corrected chi connectivity index (χ2v) is 4.79. The summed E-state index contributed by atoms with van der Waals surface area (Å²) in [7, 11) is 0. The van der Waals surface area contributed by atoms with E-state index in [1.807, 2.05) is 19.9 Å². The summed E-state index contributed by atoms with van der Waals surface area (Å²) in [6.45, 7) is 3.84. The fourth-order valence-electron chi connectivity index (χ4n) is 1.63. The van der Waals surface area contributed by atoms with Crippen molar-refractivity contribution in [2.75, 3.05) is 6.61 Å². The monoisotopic (exact) mass is 249 g/mol. The molecule has 0 aliphatic heterocycles. The van der Waals surface area contributed by atoms with Gasteiger partial charge in [0.05, 0.1) is 18.6 Å². The van der Waals surface area contributed by atoms with Gasteiger partial charge in [0.25, 0.3) is 0 Å². The maximum atomic E-state index is 9.73. The van der Waals surface area contributed by atoms with Crippen molar-refractivity contribution in [1.82, 2.24) is 0 Å². The molecule has 0 heterocycles. The second kappa shape index (κ2) is 6.39. The summed E-state index contributed by atoms with van der Waals surface area (Å²) in [5.74, 6) is 0.628. The van der Waals surface area contributed by atoms with Gasteiger partial charge < -0.3 is 14.9 Å². The number of aliphatic hydroxyl groups excluding tert-OH is 2. The Hall–Kier alpha value is -1.57. The van der Waals surface area contributed by atoms with Crippen LogP contribution in [0.2, 0.25) is 0 Å². The molecule has 1 rings (SSSR count). The molecule has 1 aromatic rings. The van der Waals surface area contributed by atoms with Crippen molar-refractivity contribution in [3.05, 3.63) is 29.8 Å². The Morgan fingerprint density at radius 1 is 1.44 bits per heavy atom. The van der Waals surface area contributed by atoms with Crippen LogP contribution < -0.4 is 4.74 Å². The lowest BCUT2D eigenvalue weighted by atomic mass is 10.0. The molecule has 0 spiro atoms. The first-order valence-corrected chi connectivity index (χ1v) is 5.93. The van der Waals surface area contributed by atoms with Crippen molar-refractivity contribution in [2.24, 2.45) is 0 Å². The van der Waals surface area contributed by atoms with Crippen LogP contribution in [-0.2, 0) is 0 Å². The van der Waals surface area contributed by atoms with E-state index in [0.717, 1.165) is 0 Å². The van der Waals surface area contributed by atoms with Crippen molar-refractivity contribution in [3.8, 4) is 11.8 Å². The zero-order valence-electron chi connectivity index (χ0n) is 10.8. The SMILES string of the molecule is CC(C)(CCO)Oc1cccc(C(O)CC#N)c1. The fourth-order valence-corrected chi connectivity index (χ4v) is 1.63. The van der Waals surface area contributed by atoms with Gasteiger partial charge in [0, 0.05) is 13.0 Å². The van der Waals surface area contributed by atoms with Crippen molar-refractivity contribution in [3.63, 3.8) is 0 Å². The third kappa shape index (κ3) is 4.36. The average Bonchev–Trinajstić information content (AvgIpc) is 2.28. The van der Waals surface area contributed by atoms with Crippen LogP contribution in [0.15, 0.2) is 24.3 Å². The standard InChI is InChI=1S/C14H19NO3/c1-14(2,7-9-16)18-12-5-3-4-11(10-12)13(17)6-8-15/h3-5,10,13,16-17H,6-7,9H2,1-2H3. The molecule has 0 saturated heterocycles. The number of ether oxygens (including phenoxy) is 1. The van der Waals surface area contributed by atoms with Crippen LogP contribution in [0.3, 0.4) is 0 Å². The predicted molar refractivity (Wildman–Crippen MR) is 68.0 cm³/mol. The van der Waals surface area contributed by atoms with Crippen LogP contribution in [0.25, 0.3) is 0 Å². The Bertz CT molecular complexity index is 423. The molecule has 1 unspecified atom stereocenters. The molecule has 4 heteroatoms. The Balaban J connectivity index is 2.80. The van der Waals surface area contributed by atoms with Crippen LogP contribution in [0, 0.1) is 11.3 Å². The smallest absolute Gasteiger partial charge is 0.120 e. The first-order chi connectivity index (χ1) is 8.48. The maximum absolute atomic E-state index is 9.73. The lowest BCUT2D eigenvalue weighted by Gasteiger charge is -2.26. The molecule has 4 nitrogen and oxygen atoms in total. The molecule has 98 valence electrons. The van der Waals surface area contributed by atoms with E-state index in [0.29, 0.717) is 17.7 Å². The molecule has 0 fully saturated rings. The van der Waals surface area contributed by atoms with Crippen molar-refractivity contribution >= 4 is 0 Å². The topological polar surface area (TPSA) is 73.5 Å². The zero-order valence-corrected chi connectivity index (χ0v) is 10.8. The summed E-state index contributed by atoms with van der Waals surface area (Å²) >= 11 is 0. The van der Waals surface area contributed by atoms with E-state index in [1.54, 1.807) is 24.3 Å². The molecule has 0 saturated carbocycles. The van der Waals surface area contributed by atoms with Gasteiger partial charge in [-0.2, -0.15) is 5.26 Å². The molecule has 0 radical (unpaired) electrons. The minimum absolute atomic E-state index is 0.0590. The summed E-state index contributed by atoms with van der Waals surface area (Å²) in [5, 5.41) is 27.2. The lowest BCUT2D eigenvalue weighted by molar-refractivity contribution is 0.0760. The number of hydrogen-bond acceptors (Lipinski definition) is 4. The van der Waals surface area contributed by atoms with Gasteiger partial charge in [0.15, 0.2) is 0 Å². The predicted octanol–water partition coefficient (Wildman–Crippen LogP) is 2.17. The Morgan fingerprint density at radius 2 is 2.17 bits per heavy atom. The molecular weight excluding hydrogens is 230 g/mol. The molecule has 18 heavy (non-hydrogen) atoms. The van der Waals surface area contributed by atoms with Gasteiger partial charge in [0.2, 0.25) is 0 Å². The van der Waals surface area contributed by atoms with Gasteiger partial charge >= 0.3 is 0 Å². The number of rotatable bonds is 6. The summed E-state index contributed by atoms with van der Waals surface area (Å²) in [6, 6.07) is 8.98. The van der Waals surface area contributed by atoms with E-state index in [1.165, 1.54) is 0 Å².